The third kappa shape index (κ3) is 6.57. The van der Waals surface area contributed by atoms with Crippen LogP contribution in [0.4, 0.5) is 0 Å². The molecule has 5 nitrogen and oxygen atoms in total. The molecule has 8 atom stereocenters. The minimum atomic E-state index is -0.311. The smallest absolute Gasteiger partial charge is 0.174 e. The molecular formula is C37H52N2O3P2V. The predicted octanol–water partition coefficient (Wildman–Crippen LogP) is 7.45. The second kappa shape index (κ2) is 15.3. The van der Waals surface area contributed by atoms with Gasteiger partial charge in [-0.1, -0.05) is 74.2 Å². The van der Waals surface area contributed by atoms with Gasteiger partial charge in [0.05, 0.1) is 13.2 Å². The molecule has 5 aliphatic heterocycles. The molecule has 0 aromatic heterocycles. The number of hydrogen-bond acceptors (Lipinski definition) is 5. The van der Waals surface area contributed by atoms with Crippen LogP contribution in [0.3, 0.4) is 0 Å². The molecule has 2 aromatic rings. The first-order valence-corrected chi connectivity index (χ1v) is 20.2. The van der Waals surface area contributed by atoms with Crippen LogP contribution in [0.5, 0.6) is 0 Å². The van der Waals surface area contributed by atoms with Crippen LogP contribution in [0.1, 0.15) is 105 Å². The quantitative estimate of drug-likeness (QED) is 0.270. The number of nitrogens with zero attached hydrogens (tertiary/aromatic N) is 2. The second-order valence-corrected chi connectivity index (χ2v) is 14.1. The molecule has 9 rings (SSSR count). The summed E-state index contributed by atoms with van der Waals surface area (Å²) in [6.45, 7) is 4.10. The Hall–Kier alpha value is -0.606. The van der Waals surface area contributed by atoms with Gasteiger partial charge in [-0.25, -0.2) is 0 Å². The zero-order valence-electron chi connectivity index (χ0n) is 26.8. The van der Waals surface area contributed by atoms with E-state index in [1.807, 2.05) is 0 Å². The Kier molecular flexibility index (Phi) is 11.7. The summed E-state index contributed by atoms with van der Waals surface area (Å²) in [6, 6.07) is 19.8. The van der Waals surface area contributed by atoms with Crippen LogP contribution in [0.25, 0.3) is 0 Å². The van der Waals surface area contributed by atoms with Crippen molar-refractivity contribution in [2.24, 2.45) is 11.8 Å². The monoisotopic (exact) mass is 685 g/mol. The van der Waals surface area contributed by atoms with Crippen molar-refractivity contribution >= 4 is 23.6 Å². The van der Waals surface area contributed by atoms with E-state index in [1.54, 1.807) is 0 Å². The van der Waals surface area contributed by atoms with Crippen LogP contribution < -0.4 is 0 Å². The fourth-order valence-electron chi connectivity index (χ4n) is 10.2. The standard InChI is InChI=1S/C20H27NO2.C17H21NO.H4P2.V/c1-2-7-16-15(6-1)10-11-21-18-9-4-3-8-17(18)20(14-19(16)21)22-12-5-13-23-20;19-17-11-16-13-6-2-1-5-12(13)9-10-18(16)15-8-4-3-7-14(15)17;1-2;/h1-2,6-7,17-19H,3-5,8-14H2;1-2,5-6,14-16H,3-4,7-11H2;1-2H2;. The molecule has 45 heavy (non-hydrogen) atoms. The molecule has 3 saturated heterocycles. The molecule has 0 amide bonds. The van der Waals surface area contributed by atoms with Gasteiger partial charge in [0, 0.05) is 80.5 Å². The summed E-state index contributed by atoms with van der Waals surface area (Å²) < 4.78 is 12.8. The summed E-state index contributed by atoms with van der Waals surface area (Å²) in [5, 5.41) is 0. The first-order chi connectivity index (χ1) is 21.7. The summed E-state index contributed by atoms with van der Waals surface area (Å²) in [6.07, 6.45) is 15.4. The molecule has 2 saturated carbocycles. The number of carbonyl (C=O) groups is 1. The fraction of sp³-hybridized carbons (Fsp3) is 0.649. The Bertz CT molecular complexity index is 1310. The number of fused-ring (bicyclic) bond motifs is 11. The minimum absolute atomic E-state index is 0. The van der Waals surface area contributed by atoms with Crippen LogP contribution in [0, 0.1) is 11.8 Å². The zero-order chi connectivity index (χ0) is 30.1. The van der Waals surface area contributed by atoms with E-state index in [2.05, 4.69) is 76.2 Å². The number of ketones is 1. The van der Waals surface area contributed by atoms with Crippen LogP contribution in [0.15, 0.2) is 48.5 Å². The van der Waals surface area contributed by atoms with Gasteiger partial charge < -0.3 is 9.47 Å². The molecule has 8 heteroatoms. The van der Waals surface area contributed by atoms with Gasteiger partial charge in [0.25, 0.3) is 0 Å². The predicted molar refractivity (Wildman–Crippen MR) is 184 cm³/mol. The van der Waals surface area contributed by atoms with E-state index in [9.17, 15) is 4.79 Å². The van der Waals surface area contributed by atoms with Crippen LogP contribution >= 0.6 is 17.9 Å². The number of carbonyl (C=O) groups excluding carboxylic acids is 1. The normalized spacial score (nSPS) is 33.1. The van der Waals surface area contributed by atoms with Crippen molar-refractivity contribution < 1.29 is 32.8 Å². The van der Waals surface area contributed by atoms with Gasteiger partial charge in [-0.15, -0.1) is 17.9 Å². The maximum absolute atomic E-state index is 12.5. The fourth-order valence-corrected chi connectivity index (χ4v) is 10.2. The van der Waals surface area contributed by atoms with E-state index in [0.29, 0.717) is 41.8 Å². The van der Waals surface area contributed by atoms with Crippen LogP contribution in [0.2, 0.25) is 0 Å². The molecule has 5 heterocycles. The van der Waals surface area contributed by atoms with E-state index < -0.39 is 0 Å². The topological polar surface area (TPSA) is 42.0 Å². The maximum Gasteiger partial charge on any atom is 0.174 e. The molecular weight excluding hydrogens is 633 g/mol. The number of piperidine rings is 2. The van der Waals surface area contributed by atoms with Gasteiger partial charge in [-0.2, -0.15) is 0 Å². The molecule has 8 unspecified atom stereocenters. The van der Waals surface area contributed by atoms with Crippen LogP contribution in [-0.4, -0.2) is 59.8 Å². The van der Waals surface area contributed by atoms with E-state index in [4.69, 9.17) is 9.47 Å². The number of rotatable bonds is 0. The Morgan fingerprint density at radius 2 is 1.24 bits per heavy atom. The Morgan fingerprint density at radius 3 is 1.93 bits per heavy atom. The van der Waals surface area contributed by atoms with Gasteiger partial charge in [0.2, 0.25) is 0 Å². The van der Waals surface area contributed by atoms with Crippen molar-refractivity contribution in [1.82, 2.24) is 9.80 Å². The number of ether oxygens (including phenoxy) is 2. The van der Waals surface area contributed by atoms with Gasteiger partial charge in [-0.05, 0) is 67.2 Å². The van der Waals surface area contributed by atoms with Crippen molar-refractivity contribution in [3.8, 4) is 0 Å². The van der Waals surface area contributed by atoms with Gasteiger partial charge in [-0.3, -0.25) is 14.6 Å². The number of Topliss-reactive ketones (excluding diaryl/α,β-unsaturated/α-hetero) is 1. The average Bonchev–Trinajstić information content (AvgIpc) is 3.10. The summed E-state index contributed by atoms with van der Waals surface area (Å²) in [5.41, 5.74) is 5.95. The maximum atomic E-state index is 12.5. The molecule has 243 valence electrons. The van der Waals surface area contributed by atoms with Gasteiger partial charge >= 0.3 is 0 Å². The third-order valence-corrected chi connectivity index (χ3v) is 12.1. The molecule has 7 aliphatic rings. The van der Waals surface area contributed by atoms with Gasteiger partial charge in [0.1, 0.15) is 5.78 Å². The van der Waals surface area contributed by atoms with Crippen molar-refractivity contribution in [3.05, 3.63) is 70.8 Å². The Morgan fingerprint density at radius 1 is 0.689 bits per heavy atom. The summed E-state index contributed by atoms with van der Waals surface area (Å²) in [5.74, 6) is 1.13. The van der Waals surface area contributed by atoms with E-state index in [0.717, 1.165) is 51.9 Å². The summed E-state index contributed by atoms with van der Waals surface area (Å²) >= 11 is 0. The number of benzene rings is 2. The molecule has 5 fully saturated rings. The molecule has 2 aliphatic carbocycles. The van der Waals surface area contributed by atoms with E-state index in [-0.39, 0.29) is 24.3 Å². The van der Waals surface area contributed by atoms with Crippen molar-refractivity contribution in [1.29, 1.82) is 0 Å². The first-order valence-electron chi connectivity index (χ1n) is 17.5. The zero-order valence-corrected chi connectivity index (χ0v) is 30.5. The summed E-state index contributed by atoms with van der Waals surface area (Å²) in [4.78, 5) is 17.9. The third-order valence-electron chi connectivity index (χ3n) is 12.1. The van der Waals surface area contributed by atoms with Crippen molar-refractivity contribution in [2.45, 2.75) is 113 Å². The molecule has 0 bridgehead atoms. The minimum Gasteiger partial charge on any atom is -0.349 e. The molecule has 1 radical (unpaired) electrons. The summed E-state index contributed by atoms with van der Waals surface area (Å²) in [7, 11) is 4.67. The van der Waals surface area contributed by atoms with Crippen molar-refractivity contribution in [2.75, 3.05) is 26.3 Å². The van der Waals surface area contributed by atoms with Crippen LogP contribution in [-0.2, 0) is 45.7 Å². The largest absolute Gasteiger partial charge is 0.349 e. The average molecular weight is 686 g/mol. The SMILES string of the molecule is O=C1CC2c3ccccc3CCN2C2CCCCC12.PP.[V].c1ccc2c(c1)CCN1C2CC2(OCCCO2)C2CCCCC21. The first kappa shape index (κ1) is 34.3. The molecule has 0 N–H and O–H groups in total. The van der Waals surface area contributed by atoms with E-state index in [1.165, 1.54) is 80.2 Å². The number of hydrogen-bond donors (Lipinski definition) is 0. The second-order valence-electron chi connectivity index (χ2n) is 14.1. The Balaban J connectivity index is 0.000000150. The van der Waals surface area contributed by atoms with E-state index >= 15 is 0 Å². The van der Waals surface area contributed by atoms with Crippen molar-refractivity contribution in [3.63, 3.8) is 0 Å². The molecule has 2 aromatic carbocycles. The van der Waals surface area contributed by atoms with Gasteiger partial charge in [0.15, 0.2) is 5.79 Å². The molecule has 1 spiro atoms. The Labute approximate surface area is 287 Å².